The van der Waals surface area contributed by atoms with Gasteiger partial charge in [0.2, 0.25) is 0 Å². The second kappa shape index (κ2) is 5.89. The van der Waals surface area contributed by atoms with Gasteiger partial charge in [-0.15, -0.1) is 0 Å². The standard InChI is InChI=1S/C15H25NOSi/c1-15(2,18-12-16-10-4-5-11-16)13-6-8-14(17-3)9-7-13/h6-9H,4-5,10-12,18H2,1-3H3. The SMILES string of the molecule is COc1ccc(C(C)(C)[SiH2]CN2CCCC2)cc1. The summed E-state index contributed by atoms with van der Waals surface area (Å²) >= 11 is 0. The molecular weight excluding hydrogens is 238 g/mol. The highest BCUT2D eigenvalue weighted by atomic mass is 28.2. The minimum Gasteiger partial charge on any atom is -0.497 e. The first-order valence-corrected chi connectivity index (χ1v) is 8.69. The van der Waals surface area contributed by atoms with E-state index in [-0.39, 0.29) is 9.52 Å². The molecule has 0 spiro atoms. The van der Waals surface area contributed by atoms with Crippen LogP contribution in [0.1, 0.15) is 32.3 Å². The van der Waals surface area contributed by atoms with Gasteiger partial charge in [-0.05, 0) is 54.8 Å². The average Bonchev–Trinajstić information content (AvgIpc) is 2.90. The molecule has 0 bridgehead atoms. The highest BCUT2D eigenvalue weighted by Crippen LogP contribution is 2.24. The molecule has 0 radical (unpaired) electrons. The van der Waals surface area contributed by atoms with Crippen molar-refractivity contribution in [3.05, 3.63) is 29.8 Å². The van der Waals surface area contributed by atoms with Gasteiger partial charge in [-0.1, -0.05) is 26.0 Å². The van der Waals surface area contributed by atoms with Crippen molar-refractivity contribution in [1.29, 1.82) is 0 Å². The Kier molecular flexibility index (Phi) is 4.46. The molecule has 0 N–H and O–H groups in total. The van der Waals surface area contributed by atoms with Crippen LogP contribution in [0.5, 0.6) is 5.75 Å². The van der Waals surface area contributed by atoms with Gasteiger partial charge >= 0.3 is 0 Å². The van der Waals surface area contributed by atoms with Gasteiger partial charge in [0.05, 0.1) is 7.11 Å². The van der Waals surface area contributed by atoms with E-state index in [1.807, 2.05) is 0 Å². The van der Waals surface area contributed by atoms with E-state index in [1.165, 1.54) is 37.7 Å². The number of likely N-dealkylation sites (tertiary alicyclic amines) is 1. The van der Waals surface area contributed by atoms with Crippen molar-refractivity contribution in [1.82, 2.24) is 4.90 Å². The minimum absolute atomic E-state index is 0.122. The number of benzene rings is 1. The molecule has 100 valence electrons. The van der Waals surface area contributed by atoms with Crippen LogP contribution in [0.4, 0.5) is 0 Å². The zero-order valence-corrected chi connectivity index (χ0v) is 13.3. The molecular formula is C15H25NOSi. The number of hydrogen-bond donors (Lipinski definition) is 0. The van der Waals surface area contributed by atoms with Crippen LogP contribution in [0.15, 0.2) is 24.3 Å². The summed E-state index contributed by atoms with van der Waals surface area (Å²) in [5.41, 5.74) is 1.47. The molecule has 0 saturated carbocycles. The van der Waals surface area contributed by atoms with Crippen molar-refractivity contribution in [2.75, 3.05) is 26.4 Å². The molecule has 1 aromatic carbocycles. The maximum atomic E-state index is 5.23. The van der Waals surface area contributed by atoms with E-state index >= 15 is 0 Å². The van der Waals surface area contributed by atoms with Gasteiger partial charge in [-0.3, -0.25) is 0 Å². The molecule has 1 aliphatic heterocycles. The summed E-state index contributed by atoms with van der Waals surface area (Å²) in [6, 6.07) is 8.63. The van der Waals surface area contributed by atoms with E-state index in [0.717, 1.165) is 5.75 Å². The van der Waals surface area contributed by atoms with Crippen LogP contribution in [0.2, 0.25) is 0 Å². The molecule has 18 heavy (non-hydrogen) atoms. The Morgan fingerprint density at radius 1 is 1.17 bits per heavy atom. The van der Waals surface area contributed by atoms with Gasteiger partial charge in [-0.25, -0.2) is 0 Å². The number of ether oxygens (including phenoxy) is 1. The van der Waals surface area contributed by atoms with Gasteiger partial charge in [0, 0.05) is 9.52 Å². The van der Waals surface area contributed by atoms with Crippen LogP contribution in [0, 0.1) is 0 Å². The van der Waals surface area contributed by atoms with Crippen LogP contribution >= 0.6 is 0 Å². The summed E-state index contributed by atoms with van der Waals surface area (Å²) in [4.78, 5) is 2.65. The lowest BCUT2D eigenvalue weighted by Crippen LogP contribution is -2.35. The smallest absolute Gasteiger partial charge is 0.118 e. The monoisotopic (exact) mass is 263 g/mol. The van der Waals surface area contributed by atoms with E-state index in [1.54, 1.807) is 7.11 Å². The molecule has 0 unspecified atom stereocenters. The van der Waals surface area contributed by atoms with Crippen molar-refractivity contribution in [2.24, 2.45) is 0 Å². The Bertz CT molecular complexity index is 369. The lowest BCUT2D eigenvalue weighted by atomic mass is 10.0. The maximum absolute atomic E-state index is 5.23. The normalized spacial score (nSPS) is 17.7. The molecule has 2 rings (SSSR count). The summed E-state index contributed by atoms with van der Waals surface area (Å²) in [6.45, 7) is 7.45. The van der Waals surface area contributed by atoms with Crippen molar-refractivity contribution in [2.45, 2.75) is 31.7 Å². The first-order valence-electron chi connectivity index (χ1n) is 6.99. The Hall–Kier alpha value is -0.803. The summed E-state index contributed by atoms with van der Waals surface area (Å²) in [5.74, 6) is 0.954. The fourth-order valence-corrected chi connectivity index (χ4v) is 4.48. The minimum atomic E-state index is -0.122. The van der Waals surface area contributed by atoms with Crippen LogP contribution in [0.3, 0.4) is 0 Å². The number of methoxy groups -OCH3 is 1. The lowest BCUT2D eigenvalue weighted by molar-refractivity contribution is 0.390. The van der Waals surface area contributed by atoms with Gasteiger partial charge in [-0.2, -0.15) is 0 Å². The van der Waals surface area contributed by atoms with E-state index in [0.29, 0.717) is 5.04 Å². The van der Waals surface area contributed by atoms with Crippen molar-refractivity contribution >= 4 is 9.52 Å². The van der Waals surface area contributed by atoms with Crippen LogP contribution in [-0.4, -0.2) is 40.8 Å². The summed E-state index contributed by atoms with van der Waals surface area (Å²) in [7, 11) is 1.60. The third kappa shape index (κ3) is 3.36. The lowest BCUT2D eigenvalue weighted by Gasteiger charge is -2.27. The quantitative estimate of drug-likeness (QED) is 0.755. The van der Waals surface area contributed by atoms with E-state index < -0.39 is 0 Å². The predicted octanol–water partition coefficient (Wildman–Crippen LogP) is 2.15. The maximum Gasteiger partial charge on any atom is 0.118 e. The van der Waals surface area contributed by atoms with Gasteiger partial charge in [0.25, 0.3) is 0 Å². The molecule has 0 atom stereocenters. The summed E-state index contributed by atoms with van der Waals surface area (Å²) in [6.07, 6.45) is 4.16. The topological polar surface area (TPSA) is 12.5 Å². The number of hydrogen-bond acceptors (Lipinski definition) is 2. The first-order chi connectivity index (χ1) is 8.62. The van der Waals surface area contributed by atoms with E-state index in [4.69, 9.17) is 4.74 Å². The zero-order valence-electron chi connectivity index (χ0n) is 11.9. The molecule has 1 heterocycles. The predicted molar refractivity (Wildman–Crippen MR) is 80.2 cm³/mol. The second-order valence-electron chi connectivity index (χ2n) is 5.91. The third-order valence-electron chi connectivity index (χ3n) is 4.12. The van der Waals surface area contributed by atoms with E-state index in [2.05, 4.69) is 43.0 Å². The molecule has 3 heteroatoms. The van der Waals surface area contributed by atoms with Crippen LogP contribution in [-0.2, 0) is 5.04 Å². The molecule has 1 aromatic rings. The Labute approximate surface area is 113 Å². The number of rotatable bonds is 5. The number of nitrogens with zero attached hydrogens (tertiary/aromatic N) is 1. The van der Waals surface area contributed by atoms with Gasteiger partial charge in [0.1, 0.15) is 5.75 Å². The molecule has 1 saturated heterocycles. The van der Waals surface area contributed by atoms with Crippen LogP contribution < -0.4 is 4.74 Å². The van der Waals surface area contributed by atoms with Crippen molar-refractivity contribution < 1.29 is 4.74 Å². The molecule has 1 fully saturated rings. The third-order valence-corrected chi connectivity index (χ3v) is 6.64. The fourth-order valence-electron chi connectivity index (χ4n) is 2.63. The Morgan fingerprint density at radius 2 is 1.78 bits per heavy atom. The van der Waals surface area contributed by atoms with Crippen molar-refractivity contribution in [3.63, 3.8) is 0 Å². The summed E-state index contributed by atoms with van der Waals surface area (Å²) in [5, 5.41) is 0.384. The molecule has 0 amide bonds. The Morgan fingerprint density at radius 3 is 2.33 bits per heavy atom. The zero-order chi connectivity index (χ0) is 13.0. The fraction of sp³-hybridized carbons (Fsp3) is 0.600. The van der Waals surface area contributed by atoms with Crippen LogP contribution in [0.25, 0.3) is 0 Å². The second-order valence-corrected chi connectivity index (χ2v) is 8.63. The van der Waals surface area contributed by atoms with Crippen molar-refractivity contribution in [3.8, 4) is 5.75 Å². The summed E-state index contributed by atoms with van der Waals surface area (Å²) < 4.78 is 5.23. The molecule has 1 aliphatic rings. The highest BCUT2D eigenvalue weighted by Gasteiger charge is 2.23. The molecule has 0 aliphatic carbocycles. The Balaban J connectivity index is 1.95. The van der Waals surface area contributed by atoms with E-state index in [9.17, 15) is 0 Å². The van der Waals surface area contributed by atoms with Gasteiger partial charge in [0.15, 0.2) is 0 Å². The average molecular weight is 263 g/mol. The van der Waals surface area contributed by atoms with Gasteiger partial charge < -0.3 is 9.64 Å². The molecule has 0 aromatic heterocycles. The highest BCUT2D eigenvalue weighted by molar-refractivity contribution is 6.40. The largest absolute Gasteiger partial charge is 0.497 e. The molecule has 2 nitrogen and oxygen atoms in total. The first kappa shape index (κ1) is 13.6.